The highest BCUT2D eigenvalue weighted by Gasteiger charge is 2.46. The van der Waals surface area contributed by atoms with Gasteiger partial charge in [0.25, 0.3) is 5.95 Å². The first-order valence-electron chi connectivity index (χ1n) is 9.32. The van der Waals surface area contributed by atoms with Crippen LogP contribution in [-0.4, -0.2) is 36.6 Å². The van der Waals surface area contributed by atoms with Crippen LogP contribution in [0.15, 0.2) is 22.4 Å². The van der Waals surface area contributed by atoms with Gasteiger partial charge in [-0.3, -0.25) is 4.72 Å². The third-order valence-corrected chi connectivity index (χ3v) is 5.97. The number of hydrogen-bond donors (Lipinski definition) is 1. The summed E-state index contributed by atoms with van der Waals surface area (Å²) in [6.07, 6.45) is 1.43. The summed E-state index contributed by atoms with van der Waals surface area (Å²) in [4.78, 5) is 5.78. The highest BCUT2D eigenvalue weighted by molar-refractivity contribution is 7.93. The molecule has 32 heavy (non-hydrogen) atoms. The van der Waals surface area contributed by atoms with Crippen molar-refractivity contribution in [3.8, 4) is 12.1 Å². The second kappa shape index (κ2) is 8.47. The van der Waals surface area contributed by atoms with Crippen molar-refractivity contribution in [2.45, 2.75) is 25.3 Å². The number of imidazole rings is 1. The molecule has 10 nitrogen and oxygen atoms in total. The highest BCUT2D eigenvalue weighted by Crippen LogP contribution is 2.39. The lowest BCUT2D eigenvalue weighted by Gasteiger charge is -2.31. The van der Waals surface area contributed by atoms with Crippen LogP contribution in [0.3, 0.4) is 0 Å². The molecular formula is C18H17F3N8O2S. The van der Waals surface area contributed by atoms with Crippen LogP contribution >= 0.6 is 0 Å². The molecule has 0 unspecified atom stereocenters. The van der Waals surface area contributed by atoms with E-state index in [0.29, 0.717) is 25.2 Å². The van der Waals surface area contributed by atoms with Gasteiger partial charge in [0.1, 0.15) is 17.8 Å². The number of anilines is 2. The van der Waals surface area contributed by atoms with Crippen LogP contribution in [0, 0.1) is 22.7 Å². The van der Waals surface area contributed by atoms with Gasteiger partial charge in [0.2, 0.25) is 0 Å². The van der Waals surface area contributed by atoms with Crippen molar-refractivity contribution in [2.24, 2.45) is 17.3 Å². The van der Waals surface area contributed by atoms with Crippen molar-refractivity contribution in [1.82, 2.24) is 9.55 Å². The van der Waals surface area contributed by atoms with E-state index in [-0.39, 0.29) is 23.0 Å². The minimum Gasteiger partial charge on any atom is -0.372 e. The monoisotopic (exact) mass is 466 g/mol. The molecule has 2 aromatic rings. The Balaban J connectivity index is 2.12. The lowest BCUT2D eigenvalue weighted by atomic mass is 10.0. The smallest absolute Gasteiger partial charge is 0.372 e. The van der Waals surface area contributed by atoms with Gasteiger partial charge >= 0.3 is 15.5 Å². The summed E-state index contributed by atoms with van der Waals surface area (Å²) < 4.78 is 65.1. The fourth-order valence-corrected chi connectivity index (χ4v) is 3.84. The minimum absolute atomic E-state index is 0.0662. The zero-order valence-corrected chi connectivity index (χ0v) is 17.8. The number of alkyl halides is 3. The molecule has 0 amide bonds. The first-order valence-corrected chi connectivity index (χ1v) is 10.8. The normalized spacial score (nSPS) is 14.2. The molecule has 2 heterocycles. The van der Waals surface area contributed by atoms with E-state index in [1.807, 2.05) is 11.8 Å². The predicted molar refractivity (Wildman–Crippen MR) is 108 cm³/mol. The van der Waals surface area contributed by atoms with Crippen LogP contribution in [-0.2, 0) is 23.5 Å². The van der Waals surface area contributed by atoms with Gasteiger partial charge in [-0.15, -0.1) is 10.2 Å². The van der Waals surface area contributed by atoms with E-state index in [2.05, 4.69) is 15.2 Å². The molecule has 0 spiro atoms. The van der Waals surface area contributed by atoms with Crippen molar-refractivity contribution in [3.63, 3.8) is 0 Å². The second-order valence-corrected chi connectivity index (χ2v) is 8.50. The third kappa shape index (κ3) is 4.22. The van der Waals surface area contributed by atoms with Gasteiger partial charge in [-0.25, -0.2) is 0 Å². The fraction of sp³-hybridized carbons (Fsp3) is 0.389. The molecule has 0 bridgehead atoms. The number of benzene rings is 1. The molecule has 0 aliphatic carbocycles. The second-order valence-electron chi connectivity index (χ2n) is 6.82. The number of nitrogens with one attached hydrogen (secondary N) is 1. The Kier molecular flexibility index (Phi) is 6.09. The topological polar surface area (TPSA) is 140 Å². The number of fused-ring (bicyclic) bond motifs is 1. The third-order valence-electron chi connectivity index (χ3n) is 4.87. The quantitative estimate of drug-likeness (QED) is 0.668. The van der Waals surface area contributed by atoms with Crippen LogP contribution in [0.25, 0.3) is 0 Å². The predicted octanol–water partition coefficient (Wildman–Crippen LogP) is 3.61. The number of azo groups is 1. The Bertz CT molecular complexity index is 1270. The van der Waals surface area contributed by atoms with Crippen LogP contribution in [0.1, 0.15) is 30.3 Å². The lowest BCUT2D eigenvalue weighted by molar-refractivity contribution is -0.0429. The summed E-state index contributed by atoms with van der Waals surface area (Å²) in [7, 11) is -4.29. The van der Waals surface area contributed by atoms with E-state index in [9.17, 15) is 21.6 Å². The Morgan fingerprint density at radius 3 is 2.53 bits per heavy atom. The molecule has 0 saturated carbocycles. The molecule has 1 aliphatic rings. The van der Waals surface area contributed by atoms with Gasteiger partial charge in [0, 0.05) is 25.8 Å². The van der Waals surface area contributed by atoms with E-state index >= 15 is 0 Å². The molecule has 1 aromatic heterocycles. The van der Waals surface area contributed by atoms with Gasteiger partial charge in [-0.05, 0) is 37.5 Å². The molecule has 3 rings (SSSR count). The summed E-state index contributed by atoms with van der Waals surface area (Å²) in [5, 5.41) is 25.9. The standard InChI is InChI=1S/C18H17F3N8O2S/c1-3-29-6-4-5-11-7-12(13(8-15(11)29)27-32(30,31)18(19,20)21)25-26-17-24-14(9-22)16(10-23)28(17)2/h7-8,27H,3-6H2,1-2H3. The highest BCUT2D eigenvalue weighted by atomic mass is 32.2. The molecule has 168 valence electrons. The SMILES string of the molecule is CCN1CCCc2cc(N=Nc3nc(C#N)c(C#N)n3C)c(NS(=O)(=O)C(F)(F)F)cc21. The van der Waals surface area contributed by atoms with Gasteiger partial charge in [-0.2, -0.15) is 37.1 Å². The summed E-state index contributed by atoms with van der Waals surface area (Å²) in [6.45, 7) is 3.14. The zero-order chi connectivity index (χ0) is 23.7. The molecule has 0 radical (unpaired) electrons. The maximum absolute atomic E-state index is 13.0. The van der Waals surface area contributed by atoms with Crippen molar-refractivity contribution in [2.75, 3.05) is 22.7 Å². The number of nitriles is 2. The Labute approximate surface area is 181 Å². The van der Waals surface area contributed by atoms with E-state index in [1.165, 1.54) is 23.7 Å². The van der Waals surface area contributed by atoms with Gasteiger partial charge < -0.3 is 9.47 Å². The Morgan fingerprint density at radius 2 is 1.97 bits per heavy atom. The molecule has 14 heteroatoms. The maximum atomic E-state index is 13.0. The Morgan fingerprint density at radius 1 is 1.25 bits per heavy atom. The lowest BCUT2D eigenvalue weighted by Crippen LogP contribution is -2.31. The van der Waals surface area contributed by atoms with Gasteiger partial charge in [0.05, 0.1) is 5.69 Å². The summed E-state index contributed by atoms with van der Waals surface area (Å²) in [5.41, 5.74) is -4.96. The molecule has 1 aromatic carbocycles. The molecule has 1 N–H and O–H groups in total. The van der Waals surface area contributed by atoms with Crippen LogP contribution in [0.5, 0.6) is 0 Å². The van der Waals surface area contributed by atoms with Crippen LogP contribution in [0.2, 0.25) is 0 Å². The maximum Gasteiger partial charge on any atom is 0.516 e. The molecule has 0 atom stereocenters. The molecule has 0 saturated heterocycles. The molecule has 0 fully saturated rings. The minimum atomic E-state index is -5.70. The first-order chi connectivity index (χ1) is 15.0. The van der Waals surface area contributed by atoms with E-state index in [1.54, 1.807) is 16.9 Å². The average molecular weight is 466 g/mol. The van der Waals surface area contributed by atoms with Crippen LogP contribution in [0.4, 0.5) is 36.2 Å². The Hall–Kier alpha value is -3.65. The molecular weight excluding hydrogens is 449 g/mol. The summed E-state index contributed by atoms with van der Waals surface area (Å²) in [5.74, 6) is -0.143. The summed E-state index contributed by atoms with van der Waals surface area (Å²) in [6, 6.07) is 6.31. The number of nitrogens with zero attached hydrogens (tertiary/aromatic N) is 7. The number of aromatic nitrogens is 2. The molecule has 1 aliphatic heterocycles. The number of halogens is 3. The van der Waals surface area contributed by atoms with Crippen LogP contribution < -0.4 is 9.62 Å². The van der Waals surface area contributed by atoms with Crippen molar-refractivity contribution < 1.29 is 21.6 Å². The van der Waals surface area contributed by atoms with Crippen molar-refractivity contribution >= 4 is 33.0 Å². The fourth-order valence-electron chi connectivity index (χ4n) is 3.27. The van der Waals surface area contributed by atoms with E-state index in [4.69, 9.17) is 10.5 Å². The van der Waals surface area contributed by atoms with Gasteiger partial charge in [-0.1, -0.05) is 0 Å². The van der Waals surface area contributed by atoms with E-state index < -0.39 is 21.2 Å². The number of sulfonamides is 1. The summed E-state index contributed by atoms with van der Waals surface area (Å²) >= 11 is 0. The van der Waals surface area contributed by atoms with E-state index in [0.717, 1.165) is 12.0 Å². The average Bonchev–Trinajstić information content (AvgIpc) is 3.05. The van der Waals surface area contributed by atoms with Crippen molar-refractivity contribution in [1.29, 1.82) is 10.5 Å². The number of hydrogen-bond acceptors (Lipinski definition) is 8. The van der Waals surface area contributed by atoms with Crippen molar-refractivity contribution in [3.05, 3.63) is 29.1 Å². The van der Waals surface area contributed by atoms with Gasteiger partial charge in [0.15, 0.2) is 11.4 Å². The number of rotatable bonds is 5. The zero-order valence-electron chi connectivity index (χ0n) is 17.0. The first kappa shape index (κ1) is 23.0. The number of aryl methyl sites for hydroxylation is 1. The largest absolute Gasteiger partial charge is 0.516 e.